The molecule has 0 radical (unpaired) electrons. The highest BCUT2D eigenvalue weighted by Gasteiger charge is 2.23. The van der Waals surface area contributed by atoms with Gasteiger partial charge in [0.1, 0.15) is 0 Å². The van der Waals surface area contributed by atoms with E-state index in [4.69, 9.17) is 10.5 Å². The molecule has 2 aromatic heterocycles. The molecule has 1 aromatic carbocycles. The lowest BCUT2D eigenvalue weighted by atomic mass is 10.0. The average Bonchev–Trinajstić information content (AvgIpc) is 3.25. The molecule has 0 bridgehead atoms. The lowest BCUT2D eigenvalue weighted by Gasteiger charge is -2.19. The molecule has 0 saturated carbocycles. The molecule has 162 valence electrons. The summed E-state index contributed by atoms with van der Waals surface area (Å²) in [5.74, 6) is -0.565. The van der Waals surface area contributed by atoms with Gasteiger partial charge in [-0.2, -0.15) is 0 Å². The molecule has 0 spiro atoms. The predicted molar refractivity (Wildman–Crippen MR) is 124 cm³/mol. The van der Waals surface area contributed by atoms with Crippen molar-refractivity contribution < 1.29 is 9.13 Å². The lowest BCUT2D eigenvalue weighted by molar-refractivity contribution is 0.389. The third-order valence-corrected chi connectivity index (χ3v) is 5.61. The molecule has 7 nitrogen and oxygen atoms in total. The molecule has 3 N–H and O–H groups in total. The minimum atomic E-state index is -0.621. The highest BCUT2D eigenvalue weighted by atomic mass is 19.1. The molecular formula is C23H27FN6O. The number of hydrogen-bond donors (Lipinski definition) is 2. The van der Waals surface area contributed by atoms with E-state index in [0.29, 0.717) is 28.5 Å². The molecule has 1 saturated heterocycles. The molecule has 0 aliphatic carbocycles. The summed E-state index contributed by atoms with van der Waals surface area (Å²) in [4.78, 5) is 15.5. The minimum absolute atomic E-state index is 0.00349. The molecule has 1 atom stereocenters. The molecule has 31 heavy (non-hydrogen) atoms. The van der Waals surface area contributed by atoms with Gasteiger partial charge in [-0.1, -0.05) is 6.92 Å². The lowest BCUT2D eigenvalue weighted by Crippen LogP contribution is -2.32. The molecule has 3 heterocycles. The number of hydrogen-bond acceptors (Lipinski definition) is 7. The van der Waals surface area contributed by atoms with Gasteiger partial charge in [-0.05, 0) is 37.2 Å². The van der Waals surface area contributed by atoms with E-state index in [2.05, 4.69) is 38.2 Å². The second-order valence-electron chi connectivity index (χ2n) is 7.59. The van der Waals surface area contributed by atoms with Gasteiger partial charge in [-0.15, -0.1) is 0 Å². The largest absolute Gasteiger partial charge is 0.493 e. The maximum atomic E-state index is 14.8. The monoisotopic (exact) mass is 422 g/mol. The van der Waals surface area contributed by atoms with Crippen molar-refractivity contribution in [3.63, 3.8) is 0 Å². The Morgan fingerprint density at radius 3 is 2.97 bits per heavy atom. The Bertz CT molecular complexity index is 1130. The van der Waals surface area contributed by atoms with E-state index >= 15 is 0 Å². The van der Waals surface area contributed by atoms with E-state index in [0.717, 1.165) is 37.1 Å². The van der Waals surface area contributed by atoms with Crippen LogP contribution in [0.3, 0.4) is 0 Å². The molecule has 3 aromatic rings. The zero-order valence-electron chi connectivity index (χ0n) is 18.0. The standard InChI is InChI=1S/C23H27FN6O/c1-4-27-16-7-8-30(13-16)17-9-14-5-6-19(29-23(14)28-12-17)18-10-15(11-26-2)21(25)20(24)22(18)31-3/h5-6,9-12,16,27H,4,7-8,13,25H2,1-3H3. The Kier molecular flexibility index (Phi) is 5.99. The molecule has 4 rings (SSSR count). The predicted octanol–water partition coefficient (Wildman–Crippen LogP) is 3.26. The Balaban J connectivity index is 1.71. The quantitative estimate of drug-likeness (QED) is 0.468. The number of benzene rings is 1. The van der Waals surface area contributed by atoms with Gasteiger partial charge in [0.2, 0.25) is 0 Å². The highest BCUT2D eigenvalue weighted by Crippen LogP contribution is 2.37. The van der Waals surface area contributed by atoms with Gasteiger partial charge in [0.05, 0.1) is 30.4 Å². The summed E-state index contributed by atoms with van der Waals surface area (Å²) < 4.78 is 20.1. The van der Waals surface area contributed by atoms with E-state index < -0.39 is 5.82 Å². The smallest absolute Gasteiger partial charge is 0.189 e. The number of ether oxygens (including phenoxy) is 1. The van der Waals surface area contributed by atoms with Gasteiger partial charge >= 0.3 is 0 Å². The Labute approximate surface area is 181 Å². The van der Waals surface area contributed by atoms with E-state index in [1.807, 2.05) is 18.3 Å². The van der Waals surface area contributed by atoms with Crippen molar-refractivity contribution in [2.45, 2.75) is 19.4 Å². The van der Waals surface area contributed by atoms with Crippen LogP contribution in [0.1, 0.15) is 18.9 Å². The number of fused-ring (bicyclic) bond motifs is 1. The fraction of sp³-hybridized carbons (Fsp3) is 0.348. The first kappa shape index (κ1) is 21.0. The number of nitrogens with zero attached hydrogens (tertiary/aromatic N) is 4. The normalized spacial score (nSPS) is 16.5. The Morgan fingerprint density at radius 1 is 1.39 bits per heavy atom. The number of anilines is 2. The fourth-order valence-electron chi connectivity index (χ4n) is 4.07. The summed E-state index contributed by atoms with van der Waals surface area (Å²) in [6.45, 7) is 5.07. The average molecular weight is 423 g/mol. The van der Waals surface area contributed by atoms with Crippen LogP contribution in [0, 0.1) is 5.82 Å². The maximum absolute atomic E-state index is 14.8. The molecule has 1 aliphatic rings. The number of nitrogens with one attached hydrogen (secondary N) is 1. The van der Waals surface area contributed by atoms with E-state index in [-0.39, 0.29) is 11.4 Å². The minimum Gasteiger partial charge on any atom is -0.493 e. The highest BCUT2D eigenvalue weighted by molar-refractivity contribution is 5.92. The summed E-state index contributed by atoms with van der Waals surface area (Å²) in [7, 11) is 3.02. The van der Waals surface area contributed by atoms with Crippen molar-refractivity contribution >= 4 is 28.6 Å². The first-order chi connectivity index (χ1) is 15.0. The van der Waals surface area contributed by atoms with Crippen LogP contribution >= 0.6 is 0 Å². The van der Waals surface area contributed by atoms with Crippen LogP contribution < -0.4 is 20.7 Å². The summed E-state index contributed by atoms with van der Waals surface area (Å²) in [5, 5.41) is 4.43. The van der Waals surface area contributed by atoms with Gasteiger partial charge < -0.3 is 20.7 Å². The molecular weight excluding hydrogens is 395 g/mol. The second-order valence-corrected chi connectivity index (χ2v) is 7.59. The van der Waals surface area contributed by atoms with Crippen LogP contribution in [-0.2, 0) is 0 Å². The fourth-order valence-corrected chi connectivity index (χ4v) is 4.07. The third-order valence-electron chi connectivity index (χ3n) is 5.61. The summed E-state index contributed by atoms with van der Waals surface area (Å²) in [6, 6.07) is 8.14. The zero-order valence-corrected chi connectivity index (χ0v) is 18.0. The van der Waals surface area contributed by atoms with E-state index in [9.17, 15) is 4.39 Å². The number of aliphatic imine (C=N–C) groups is 1. The number of halogens is 1. The number of pyridine rings is 2. The van der Waals surface area contributed by atoms with Gasteiger partial charge in [-0.3, -0.25) is 4.99 Å². The van der Waals surface area contributed by atoms with Crippen LogP contribution in [0.5, 0.6) is 5.75 Å². The van der Waals surface area contributed by atoms with Crippen LogP contribution in [0.4, 0.5) is 15.8 Å². The number of likely N-dealkylation sites (N-methyl/N-ethyl adjacent to an activating group) is 1. The van der Waals surface area contributed by atoms with Crippen molar-refractivity contribution in [2.24, 2.45) is 4.99 Å². The second kappa shape index (κ2) is 8.85. The van der Waals surface area contributed by atoms with E-state index in [1.165, 1.54) is 13.3 Å². The SMILES string of the molecule is CCNC1CCN(c2cnc3nc(-c4cc(C=NC)c(N)c(F)c4OC)ccc3c2)C1. The van der Waals surface area contributed by atoms with Crippen LogP contribution in [0.15, 0.2) is 35.5 Å². The number of aromatic nitrogens is 2. The first-order valence-electron chi connectivity index (χ1n) is 10.4. The Hall–Kier alpha value is -3.26. The van der Waals surface area contributed by atoms with Crippen molar-refractivity contribution in [2.75, 3.05) is 44.4 Å². The number of nitrogens with two attached hydrogens (primary N) is 1. The van der Waals surface area contributed by atoms with Crippen LogP contribution in [-0.4, -0.2) is 56.0 Å². The van der Waals surface area contributed by atoms with Gasteiger partial charge in [0.15, 0.2) is 17.2 Å². The van der Waals surface area contributed by atoms with Gasteiger partial charge in [-0.25, -0.2) is 14.4 Å². The first-order valence-corrected chi connectivity index (χ1v) is 10.4. The third kappa shape index (κ3) is 4.03. The van der Waals surface area contributed by atoms with Gasteiger partial charge in [0.25, 0.3) is 0 Å². The summed E-state index contributed by atoms with van der Waals surface area (Å²) >= 11 is 0. The topological polar surface area (TPSA) is 88.7 Å². The molecule has 1 unspecified atom stereocenters. The number of rotatable bonds is 6. The number of methoxy groups -OCH3 is 1. The van der Waals surface area contributed by atoms with Gasteiger partial charge in [0, 0.05) is 48.9 Å². The van der Waals surface area contributed by atoms with Crippen molar-refractivity contribution in [1.29, 1.82) is 0 Å². The molecule has 8 heteroatoms. The molecule has 0 amide bonds. The van der Waals surface area contributed by atoms with Crippen molar-refractivity contribution in [3.05, 3.63) is 41.8 Å². The summed E-state index contributed by atoms with van der Waals surface area (Å²) in [6.07, 6.45) is 4.49. The van der Waals surface area contributed by atoms with Crippen molar-refractivity contribution in [3.8, 4) is 17.0 Å². The summed E-state index contributed by atoms with van der Waals surface area (Å²) in [5.41, 5.74) is 9.11. The van der Waals surface area contributed by atoms with Crippen molar-refractivity contribution in [1.82, 2.24) is 15.3 Å². The molecule has 1 aliphatic heterocycles. The number of nitrogen functional groups attached to an aromatic ring is 1. The zero-order chi connectivity index (χ0) is 22.0. The van der Waals surface area contributed by atoms with Crippen LogP contribution in [0.2, 0.25) is 0 Å². The Morgan fingerprint density at radius 2 is 2.23 bits per heavy atom. The van der Waals surface area contributed by atoms with Crippen LogP contribution in [0.25, 0.3) is 22.3 Å². The van der Waals surface area contributed by atoms with E-state index in [1.54, 1.807) is 13.1 Å². The molecule has 1 fully saturated rings. The maximum Gasteiger partial charge on any atom is 0.189 e.